The van der Waals surface area contributed by atoms with Gasteiger partial charge in [-0.05, 0) is 62.2 Å². The highest BCUT2D eigenvalue weighted by atomic mass is 32.2. The molecule has 0 saturated heterocycles. The van der Waals surface area contributed by atoms with Crippen molar-refractivity contribution in [2.24, 2.45) is 0 Å². The van der Waals surface area contributed by atoms with Crippen LogP contribution in [0.4, 0.5) is 10.1 Å². The number of aryl methyl sites for hydroxylation is 1. The number of carbonyl (C=O) groups is 2. The number of carbonyl (C=O) groups excluding carboxylic acids is 2. The van der Waals surface area contributed by atoms with Gasteiger partial charge in [-0.15, -0.1) is 0 Å². The van der Waals surface area contributed by atoms with Crippen molar-refractivity contribution in [1.29, 1.82) is 0 Å². The lowest BCUT2D eigenvalue weighted by molar-refractivity contribution is -0.139. The van der Waals surface area contributed by atoms with Gasteiger partial charge in [0.2, 0.25) is 11.8 Å². The minimum Gasteiger partial charge on any atom is -0.355 e. The summed E-state index contributed by atoms with van der Waals surface area (Å²) in [5.74, 6) is -1.37. The Bertz CT molecular complexity index is 1300. The van der Waals surface area contributed by atoms with Crippen LogP contribution in [-0.2, 0) is 26.2 Å². The highest BCUT2D eigenvalue weighted by Gasteiger charge is 2.32. The van der Waals surface area contributed by atoms with E-state index in [-0.39, 0.29) is 17.3 Å². The Morgan fingerprint density at radius 3 is 2.17 bits per heavy atom. The molecule has 0 bridgehead atoms. The van der Waals surface area contributed by atoms with Crippen LogP contribution in [0.15, 0.2) is 83.8 Å². The molecule has 190 valence electrons. The number of benzene rings is 3. The molecule has 3 aromatic rings. The lowest BCUT2D eigenvalue weighted by Crippen LogP contribution is -2.51. The molecule has 0 spiro atoms. The fourth-order valence-corrected chi connectivity index (χ4v) is 5.27. The summed E-state index contributed by atoms with van der Waals surface area (Å²) in [7, 11) is -4.10. The average Bonchev–Trinajstić information content (AvgIpc) is 2.87. The first-order chi connectivity index (χ1) is 17.1. The standard InChI is InChI=1S/C27H30FN3O4S/c1-4-29-27(33)21(3)30(18-22-14-16-23(28)17-15-22)26(32)19-31(25-13-9-8-10-20(25)2)36(34,35)24-11-6-5-7-12-24/h5-17,21H,4,18-19H2,1-3H3,(H,29,33). The van der Waals surface area contributed by atoms with Gasteiger partial charge in [-0.1, -0.05) is 48.5 Å². The molecule has 3 aromatic carbocycles. The molecular weight excluding hydrogens is 481 g/mol. The third-order valence-corrected chi connectivity index (χ3v) is 7.55. The fourth-order valence-electron chi connectivity index (χ4n) is 3.77. The Morgan fingerprint density at radius 1 is 0.944 bits per heavy atom. The number of para-hydroxylation sites is 1. The number of amides is 2. The number of sulfonamides is 1. The molecule has 0 radical (unpaired) electrons. The summed E-state index contributed by atoms with van der Waals surface area (Å²) in [6.45, 7) is 4.97. The average molecular weight is 512 g/mol. The van der Waals surface area contributed by atoms with Crippen molar-refractivity contribution in [2.45, 2.75) is 38.3 Å². The van der Waals surface area contributed by atoms with Crippen LogP contribution in [0.2, 0.25) is 0 Å². The molecule has 1 unspecified atom stereocenters. The second kappa shape index (κ2) is 11.8. The minimum absolute atomic E-state index is 0.00438. The Kier molecular flexibility index (Phi) is 8.82. The Labute approximate surface area is 211 Å². The van der Waals surface area contributed by atoms with E-state index in [4.69, 9.17) is 0 Å². The van der Waals surface area contributed by atoms with E-state index < -0.39 is 34.3 Å². The van der Waals surface area contributed by atoms with Crippen molar-refractivity contribution in [3.8, 4) is 0 Å². The summed E-state index contributed by atoms with van der Waals surface area (Å²) in [5.41, 5.74) is 1.64. The number of hydrogen-bond donors (Lipinski definition) is 1. The molecule has 0 aliphatic rings. The maximum Gasteiger partial charge on any atom is 0.264 e. The zero-order chi connectivity index (χ0) is 26.3. The van der Waals surface area contributed by atoms with Gasteiger partial charge in [0.05, 0.1) is 10.6 Å². The van der Waals surface area contributed by atoms with E-state index in [2.05, 4.69) is 5.32 Å². The van der Waals surface area contributed by atoms with Crippen molar-refractivity contribution < 1.29 is 22.4 Å². The Balaban J connectivity index is 2.02. The van der Waals surface area contributed by atoms with E-state index in [0.717, 1.165) is 4.31 Å². The van der Waals surface area contributed by atoms with E-state index >= 15 is 0 Å². The third-order valence-electron chi connectivity index (χ3n) is 5.78. The summed E-state index contributed by atoms with van der Waals surface area (Å²) in [6, 6.07) is 19.5. The van der Waals surface area contributed by atoms with Crippen LogP contribution in [0, 0.1) is 12.7 Å². The number of rotatable bonds is 10. The summed E-state index contributed by atoms with van der Waals surface area (Å²) < 4.78 is 41.9. The van der Waals surface area contributed by atoms with Gasteiger partial charge in [0, 0.05) is 13.1 Å². The van der Waals surface area contributed by atoms with Gasteiger partial charge in [0.25, 0.3) is 10.0 Å². The summed E-state index contributed by atoms with van der Waals surface area (Å²) in [5, 5.41) is 2.70. The fraction of sp³-hybridized carbons (Fsp3) is 0.259. The summed E-state index contributed by atoms with van der Waals surface area (Å²) in [4.78, 5) is 27.7. The van der Waals surface area contributed by atoms with Gasteiger partial charge >= 0.3 is 0 Å². The molecule has 0 heterocycles. The molecule has 0 aliphatic carbocycles. The van der Waals surface area contributed by atoms with Crippen molar-refractivity contribution >= 4 is 27.5 Å². The predicted molar refractivity (Wildman–Crippen MR) is 137 cm³/mol. The lowest BCUT2D eigenvalue weighted by atomic mass is 10.1. The monoisotopic (exact) mass is 511 g/mol. The molecule has 0 aromatic heterocycles. The van der Waals surface area contributed by atoms with Crippen LogP contribution in [-0.4, -0.2) is 44.3 Å². The van der Waals surface area contributed by atoms with Gasteiger partial charge in [-0.3, -0.25) is 13.9 Å². The Morgan fingerprint density at radius 2 is 1.56 bits per heavy atom. The quantitative estimate of drug-likeness (QED) is 0.448. The first-order valence-corrected chi connectivity index (χ1v) is 13.0. The van der Waals surface area contributed by atoms with Crippen LogP contribution in [0.5, 0.6) is 0 Å². The van der Waals surface area contributed by atoms with Crippen LogP contribution in [0.3, 0.4) is 0 Å². The van der Waals surface area contributed by atoms with Crippen LogP contribution >= 0.6 is 0 Å². The summed E-state index contributed by atoms with van der Waals surface area (Å²) >= 11 is 0. The molecule has 3 rings (SSSR count). The molecule has 7 nitrogen and oxygen atoms in total. The zero-order valence-electron chi connectivity index (χ0n) is 20.5. The van der Waals surface area contributed by atoms with Gasteiger partial charge in [-0.25, -0.2) is 12.8 Å². The van der Waals surface area contributed by atoms with Crippen molar-refractivity contribution in [2.75, 3.05) is 17.4 Å². The van der Waals surface area contributed by atoms with E-state index in [1.54, 1.807) is 63.2 Å². The van der Waals surface area contributed by atoms with Gasteiger partial charge in [0.1, 0.15) is 18.4 Å². The predicted octanol–water partition coefficient (Wildman–Crippen LogP) is 3.88. The zero-order valence-corrected chi connectivity index (χ0v) is 21.3. The number of nitrogens with one attached hydrogen (secondary N) is 1. The molecule has 1 N–H and O–H groups in total. The van der Waals surface area contributed by atoms with Crippen molar-refractivity contribution in [1.82, 2.24) is 10.2 Å². The highest BCUT2D eigenvalue weighted by molar-refractivity contribution is 7.92. The van der Waals surface area contributed by atoms with Crippen molar-refractivity contribution in [3.05, 3.63) is 95.8 Å². The Hall–Kier alpha value is -3.72. The largest absolute Gasteiger partial charge is 0.355 e. The number of anilines is 1. The molecule has 36 heavy (non-hydrogen) atoms. The summed E-state index contributed by atoms with van der Waals surface area (Å²) in [6.07, 6.45) is 0. The second-order valence-electron chi connectivity index (χ2n) is 8.33. The molecule has 2 amide bonds. The number of likely N-dealkylation sites (N-methyl/N-ethyl adjacent to an activating group) is 1. The minimum atomic E-state index is -4.10. The number of hydrogen-bond acceptors (Lipinski definition) is 4. The SMILES string of the molecule is CCNC(=O)C(C)N(Cc1ccc(F)cc1)C(=O)CN(c1ccccc1C)S(=O)(=O)c1ccccc1. The van der Waals surface area contributed by atoms with Gasteiger partial charge < -0.3 is 10.2 Å². The van der Waals surface area contributed by atoms with E-state index in [9.17, 15) is 22.4 Å². The smallest absolute Gasteiger partial charge is 0.264 e. The van der Waals surface area contributed by atoms with E-state index in [1.165, 1.54) is 41.3 Å². The molecule has 0 saturated carbocycles. The van der Waals surface area contributed by atoms with E-state index in [0.29, 0.717) is 23.4 Å². The molecule has 9 heteroatoms. The van der Waals surface area contributed by atoms with Crippen molar-refractivity contribution in [3.63, 3.8) is 0 Å². The maximum absolute atomic E-state index is 13.7. The van der Waals surface area contributed by atoms with Crippen LogP contribution in [0.1, 0.15) is 25.0 Å². The van der Waals surface area contributed by atoms with Gasteiger partial charge in [0.15, 0.2) is 0 Å². The first-order valence-electron chi connectivity index (χ1n) is 11.6. The number of halogens is 1. The van der Waals surface area contributed by atoms with Gasteiger partial charge in [-0.2, -0.15) is 0 Å². The first kappa shape index (κ1) is 26.9. The maximum atomic E-state index is 13.7. The van der Waals surface area contributed by atoms with Crippen LogP contribution in [0.25, 0.3) is 0 Å². The van der Waals surface area contributed by atoms with E-state index in [1.807, 2.05) is 0 Å². The number of nitrogens with zero attached hydrogens (tertiary/aromatic N) is 2. The lowest BCUT2D eigenvalue weighted by Gasteiger charge is -2.32. The molecule has 0 fully saturated rings. The molecule has 0 aliphatic heterocycles. The molecular formula is C27H30FN3O4S. The van der Waals surface area contributed by atoms with Crippen LogP contribution < -0.4 is 9.62 Å². The second-order valence-corrected chi connectivity index (χ2v) is 10.2. The third kappa shape index (κ3) is 6.28. The molecule has 1 atom stereocenters. The normalized spacial score (nSPS) is 12.0. The topological polar surface area (TPSA) is 86.8 Å². The highest BCUT2D eigenvalue weighted by Crippen LogP contribution is 2.27.